The quantitative estimate of drug-likeness (QED) is 0.556. The van der Waals surface area contributed by atoms with Gasteiger partial charge in [0.15, 0.2) is 0 Å². The minimum absolute atomic E-state index is 0.0486. The summed E-state index contributed by atoms with van der Waals surface area (Å²) in [6.45, 7) is 8.14. The summed E-state index contributed by atoms with van der Waals surface area (Å²) >= 11 is 0. The molecule has 3 heteroatoms. The number of hydrogen-bond donors (Lipinski definition) is 1. The fourth-order valence-electron chi connectivity index (χ4n) is 1.06. The van der Waals surface area contributed by atoms with Crippen LogP contribution in [0.5, 0.6) is 0 Å². The molecular weight excluding hydrogens is 190 g/mol. The molecule has 0 aromatic heterocycles. The first-order valence-corrected chi connectivity index (χ1v) is 5.30. The van der Waals surface area contributed by atoms with E-state index in [2.05, 4.69) is 11.2 Å². The third-order valence-electron chi connectivity index (χ3n) is 1.75. The van der Waals surface area contributed by atoms with Crippen LogP contribution in [-0.4, -0.2) is 24.2 Å². The zero-order valence-corrected chi connectivity index (χ0v) is 10.1. The molecule has 15 heavy (non-hydrogen) atoms. The molecule has 0 radical (unpaired) electrons. The summed E-state index contributed by atoms with van der Waals surface area (Å²) < 4.78 is 5.16. The van der Waals surface area contributed by atoms with Crippen molar-refractivity contribution < 1.29 is 9.53 Å². The first-order valence-electron chi connectivity index (χ1n) is 5.30. The maximum Gasteiger partial charge on any atom is 0.307 e. The predicted molar refractivity (Wildman–Crippen MR) is 61.4 cm³/mol. The van der Waals surface area contributed by atoms with Gasteiger partial charge in [0.25, 0.3) is 0 Å². The number of terminal acetylenes is 1. The molecule has 0 rings (SSSR count). The van der Waals surface area contributed by atoms with Crippen LogP contribution in [0, 0.1) is 12.3 Å². The van der Waals surface area contributed by atoms with Crippen molar-refractivity contribution in [3.63, 3.8) is 0 Å². The van der Waals surface area contributed by atoms with Gasteiger partial charge in [-0.1, -0.05) is 12.8 Å². The standard InChI is InChI=1S/C12H21NO2/c1-6-10(7-2)13-9-8-11(14)15-12(3,4)5/h1,10,13H,7-9H2,2-5H3. The molecular formula is C12H21NO2. The van der Waals surface area contributed by atoms with Crippen LogP contribution in [-0.2, 0) is 9.53 Å². The number of rotatable bonds is 5. The van der Waals surface area contributed by atoms with Crippen LogP contribution < -0.4 is 5.32 Å². The van der Waals surface area contributed by atoms with Crippen molar-refractivity contribution in [3.8, 4) is 12.3 Å². The Morgan fingerprint density at radius 1 is 1.53 bits per heavy atom. The highest BCUT2D eigenvalue weighted by molar-refractivity contribution is 5.70. The number of hydrogen-bond acceptors (Lipinski definition) is 3. The molecule has 0 bridgehead atoms. The van der Waals surface area contributed by atoms with Crippen LogP contribution in [0.3, 0.4) is 0 Å². The summed E-state index contributed by atoms with van der Waals surface area (Å²) in [6, 6.07) is 0.0486. The molecule has 0 aromatic carbocycles. The van der Waals surface area contributed by atoms with Crippen molar-refractivity contribution >= 4 is 5.97 Å². The molecule has 86 valence electrons. The summed E-state index contributed by atoms with van der Waals surface area (Å²) in [5.74, 6) is 2.42. The maximum absolute atomic E-state index is 11.3. The Kier molecular flexibility index (Phi) is 6.03. The Labute approximate surface area is 92.6 Å². The van der Waals surface area contributed by atoms with E-state index in [1.807, 2.05) is 27.7 Å². The Hall–Kier alpha value is -1.01. The Morgan fingerprint density at radius 2 is 2.13 bits per heavy atom. The van der Waals surface area contributed by atoms with Gasteiger partial charge >= 0.3 is 5.97 Å². The predicted octanol–water partition coefficient (Wildman–Crippen LogP) is 1.72. The topological polar surface area (TPSA) is 38.3 Å². The van der Waals surface area contributed by atoms with E-state index >= 15 is 0 Å². The van der Waals surface area contributed by atoms with Gasteiger partial charge in [0, 0.05) is 6.54 Å². The van der Waals surface area contributed by atoms with Crippen molar-refractivity contribution in [2.45, 2.75) is 52.2 Å². The zero-order chi connectivity index (χ0) is 11.9. The third-order valence-corrected chi connectivity index (χ3v) is 1.75. The van der Waals surface area contributed by atoms with Gasteiger partial charge in [0.2, 0.25) is 0 Å². The first kappa shape index (κ1) is 14.0. The van der Waals surface area contributed by atoms with Gasteiger partial charge in [-0.3, -0.25) is 4.79 Å². The normalized spacial score (nSPS) is 13.0. The Morgan fingerprint density at radius 3 is 2.53 bits per heavy atom. The number of nitrogens with one attached hydrogen (secondary N) is 1. The molecule has 3 nitrogen and oxygen atoms in total. The van der Waals surface area contributed by atoms with Gasteiger partial charge in [-0.15, -0.1) is 6.42 Å². The highest BCUT2D eigenvalue weighted by Crippen LogP contribution is 2.07. The van der Waals surface area contributed by atoms with E-state index in [9.17, 15) is 4.79 Å². The van der Waals surface area contributed by atoms with Crippen LogP contribution >= 0.6 is 0 Å². The second-order valence-corrected chi connectivity index (χ2v) is 4.42. The van der Waals surface area contributed by atoms with Crippen molar-refractivity contribution in [2.24, 2.45) is 0 Å². The number of esters is 1. The smallest absolute Gasteiger partial charge is 0.307 e. The van der Waals surface area contributed by atoms with E-state index in [4.69, 9.17) is 11.2 Å². The highest BCUT2D eigenvalue weighted by Gasteiger charge is 2.15. The molecule has 1 unspecified atom stereocenters. The molecule has 0 fully saturated rings. The van der Waals surface area contributed by atoms with E-state index in [0.29, 0.717) is 13.0 Å². The van der Waals surface area contributed by atoms with Crippen molar-refractivity contribution in [2.75, 3.05) is 6.54 Å². The minimum atomic E-state index is -0.409. The Bertz CT molecular complexity index is 235. The largest absolute Gasteiger partial charge is 0.460 e. The van der Waals surface area contributed by atoms with Crippen LogP contribution in [0.4, 0.5) is 0 Å². The van der Waals surface area contributed by atoms with Gasteiger partial charge in [0.05, 0.1) is 12.5 Å². The lowest BCUT2D eigenvalue weighted by atomic mass is 10.2. The summed E-state index contributed by atoms with van der Waals surface area (Å²) in [5, 5.41) is 3.10. The summed E-state index contributed by atoms with van der Waals surface area (Å²) in [4.78, 5) is 11.3. The summed E-state index contributed by atoms with van der Waals surface area (Å²) in [6.07, 6.45) is 6.50. The molecule has 0 saturated heterocycles. The van der Waals surface area contributed by atoms with Gasteiger partial charge in [-0.05, 0) is 27.2 Å². The maximum atomic E-state index is 11.3. The lowest BCUT2D eigenvalue weighted by Crippen LogP contribution is -2.31. The fraction of sp³-hybridized carbons (Fsp3) is 0.750. The van der Waals surface area contributed by atoms with Crippen molar-refractivity contribution in [3.05, 3.63) is 0 Å². The first-order chi connectivity index (χ1) is 6.89. The van der Waals surface area contributed by atoms with E-state index in [1.54, 1.807) is 0 Å². The minimum Gasteiger partial charge on any atom is -0.460 e. The molecule has 1 N–H and O–H groups in total. The van der Waals surface area contributed by atoms with Crippen molar-refractivity contribution in [1.82, 2.24) is 5.32 Å². The second kappa shape index (κ2) is 6.47. The summed E-state index contributed by atoms with van der Waals surface area (Å²) in [5.41, 5.74) is -0.409. The molecule has 0 aromatic rings. The lowest BCUT2D eigenvalue weighted by Gasteiger charge is -2.19. The Balaban J connectivity index is 3.69. The molecule has 0 aliphatic carbocycles. The van der Waals surface area contributed by atoms with Gasteiger partial charge in [-0.2, -0.15) is 0 Å². The number of carbonyl (C=O) groups excluding carboxylic acids is 1. The van der Waals surface area contributed by atoms with Gasteiger partial charge < -0.3 is 10.1 Å². The number of carbonyl (C=O) groups is 1. The lowest BCUT2D eigenvalue weighted by molar-refractivity contribution is -0.154. The van der Waals surface area contributed by atoms with Gasteiger partial charge in [-0.25, -0.2) is 0 Å². The van der Waals surface area contributed by atoms with E-state index in [-0.39, 0.29) is 12.0 Å². The van der Waals surface area contributed by atoms with Crippen LogP contribution in [0.2, 0.25) is 0 Å². The third kappa shape index (κ3) is 8.02. The average molecular weight is 211 g/mol. The SMILES string of the molecule is C#CC(CC)NCCC(=O)OC(C)(C)C. The second-order valence-electron chi connectivity index (χ2n) is 4.42. The van der Waals surface area contributed by atoms with E-state index in [0.717, 1.165) is 6.42 Å². The number of ether oxygens (including phenoxy) is 1. The zero-order valence-electron chi connectivity index (χ0n) is 10.1. The highest BCUT2D eigenvalue weighted by atomic mass is 16.6. The van der Waals surface area contributed by atoms with Crippen LogP contribution in [0.15, 0.2) is 0 Å². The van der Waals surface area contributed by atoms with E-state index in [1.165, 1.54) is 0 Å². The molecule has 0 saturated carbocycles. The molecule has 0 aliphatic heterocycles. The average Bonchev–Trinajstić information content (AvgIpc) is 2.09. The van der Waals surface area contributed by atoms with Crippen LogP contribution in [0.1, 0.15) is 40.5 Å². The fourth-order valence-corrected chi connectivity index (χ4v) is 1.06. The molecule has 0 aliphatic rings. The van der Waals surface area contributed by atoms with Crippen LogP contribution in [0.25, 0.3) is 0 Å². The monoisotopic (exact) mass is 211 g/mol. The molecule has 1 atom stereocenters. The van der Waals surface area contributed by atoms with Crippen molar-refractivity contribution in [1.29, 1.82) is 0 Å². The molecule has 0 spiro atoms. The molecule has 0 amide bonds. The molecule has 0 heterocycles. The summed E-state index contributed by atoms with van der Waals surface area (Å²) in [7, 11) is 0. The van der Waals surface area contributed by atoms with E-state index < -0.39 is 5.60 Å². The van der Waals surface area contributed by atoms with Gasteiger partial charge in [0.1, 0.15) is 5.60 Å².